The summed E-state index contributed by atoms with van der Waals surface area (Å²) in [6.45, 7) is 4.15. The van der Waals surface area contributed by atoms with Gasteiger partial charge in [0.2, 0.25) is 5.91 Å². The smallest absolute Gasteiger partial charge is 0.253 e. The van der Waals surface area contributed by atoms with Crippen molar-refractivity contribution in [2.24, 2.45) is 0 Å². The van der Waals surface area contributed by atoms with Gasteiger partial charge in [-0.05, 0) is 56.7 Å². The lowest BCUT2D eigenvalue weighted by Crippen LogP contribution is -2.33. The molecule has 2 N–H and O–H groups in total. The van der Waals surface area contributed by atoms with Crippen LogP contribution in [0.3, 0.4) is 0 Å². The van der Waals surface area contributed by atoms with Gasteiger partial charge in [0.1, 0.15) is 0 Å². The fraction of sp³-hybridized carbons (Fsp3) is 0.636. The monoisotopic (exact) mass is 371 g/mol. The van der Waals surface area contributed by atoms with Crippen molar-refractivity contribution in [1.82, 2.24) is 5.32 Å². The Kier molecular flexibility index (Phi) is 7.13. The number of piperidine rings is 1. The minimum absolute atomic E-state index is 0.0166. The van der Waals surface area contributed by atoms with Crippen molar-refractivity contribution < 1.29 is 9.59 Å². The maximum atomic E-state index is 12.8. The Bertz CT molecular complexity index is 649. The molecule has 0 radical (unpaired) electrons. The number of nitrogens with one attached hydrogen (secondary N) is 2. The molecule has 2 amide bonds. The maximum absolute atomic E-state index is 12.8. The Morgan fingerprint density at radius 1 is 1.07 bits per heavy atom. The molecule has 1 saturated heterocycles. The van der Waals surface area contributed by atoms with Crippen LogP contribution >= 0.6 is 0 Å². The van der Waals surface area contributed by atoms with Crippen molar-refractivity contribution in [3.8, 4) is 0 Å². The summed E-state index contributed by atoms with van der Waals surface area (Å²) in [5.41, 5.74) is 2.40. The molecule has 1 heterocycles. The van der Waals surface area contributed by atoms with E-state index in [2.05, 4.69) is 22.5 Å². The summed E-state index contributed by atoms with van der Waals surface area (Å²) in [6, 6.07) is 6.11. The molecular weight excluding hydrogens is 338 g/mol. The molecule has 0 bridgehead atoms. The van der Waals surface area contributed by atoms with E-state index >= 15 is 0 Å². The van der Waals surface area contributed by atoms with Gasteiger partial charge in [-0.25, -0.2) is 0 Å². The molecule has 5 heteroatoms. The lowest BCUT2D eigenvalue weighted by molar-refractivity contribution is -0.116. The van der Waals surface area contributed by atoms with Gasteiger partial charge in [-0.3, -0.25) is 9.59 Å². The first-order valence-corrected chi connectivity index (χ1v) is 10.7. The summed E-state index contributed by atoms with van der Waals surface area (Å²) in [5.74, 6) is 0.0162. The normalized spacial score (nSPS) is 16.9. The first-order chi connectivity index (χ1) is 13.2. The van der Waals surface area contributed by atoms with E-state index in [1.165, 1.54) is 32.1 Å². The number of amides is 2. The fourth-order valence-electron chi connectivity index (χ4n) is 3.63. The Morgan fingerprint density at radius 3 is 2.56 bits per heavy atom. The molecule has 1 aromatic rings. The SMILES string of the molecule is CCCCCCC(=O)Nc1ccc(N2CCCCC2)c(C(=O)NC2CC2)c1. The van der Waals surface area contributed by atoms with Crippen LogP contribution in [-0.2, 0) is 4.79 Å². The standard InChI is InChI=1S/C22H33N3O2/c1-2-3-4-6-9-21(26)23-18-12-13-20(25-14-7-5-8-15-25)19(16-18)22(27)24-17-10-11-17/h12-13,16-17H,2-11,14-15H2,1H3,(H,23,26)(H,24,27). The molecule has 1 aliphatic heterocycles. The average molecular weight is 372 g/mol. The van der Waals surface area contributed by atoms with Crippen molar-refractivity contribution in [3.05, 3.63) is 23.8 Å². The zero-order chi connectivity index (χ0) is 19.1. The van der Waals surface area contributed by atoms with Gasteiger partial charge in [0.05, 0.1) is 5.56 Å². The lowest BCUT2D eigenvalue weighted by atomic mass is 10.1. The molecule has 2 aliphatic rings. The number of rotatable bonds is 9. The molecule has 1 saturated carbocycles. The Labute approximate surface area is 162 Å². The van der Waals surface area contributed by atoms with E-state index in [1.54, 1.807) is 0 Å². The number of carbonyl (C=O) groups excluding carboxylic acids is 2. The van der Waals surface area contributed by atoms with Crippen LogP contribution in [0.2, 0.25) is 0 Å². The van der Waals surface area contributed by atoms with Crippen molar-refractivity contribution in [2.45, 2.75) is 77.2 Å². The molecule has 2 fully saturated rings. The Morgan fingerprint density at radius 2 is 1.85 bits per heavy atom. The van der Waals surface area contributed by atoms with E-state index in [0.29, 0.717) is 18.0 Å². The van der Waals surface area contributed by atoms with Crippen molar-refractivity contribution in [2.75, 3.05) is 23.3 Å². The Hall–Kier alpha value is -2.04. The summed E-state index contributed by atoms with van der Waals surface area (Å²) in [4.78, 5) is 27.3. The van der Waals surface area contributed by atoms with E-state index in [4.69, 9.17) is 0 Å². The molecule has 148 valence electrons. The van der Waals surface area contributed by atoms with Crippen LogP contribution in [-0.4, -0.2) is 30.9 Å². The van der Waals surface area contributed by atoms with Gasteiger partial charge >= 0.3 is 0 Å². The number of anilines is 2. The zero-order valence-electron chi connectivity index (χ0n) is 16.6. The predicted molar refractivity (Wildman–Crippen MR) is 110 cm³/mol. The first kappa shape index (κ1) is 19.7. The molecule has 5 nitrogen and oxygen atoms in total. The highest BCUT2D eigenvalue weighted by molar-refractivity contribution is 6.02. The number of hydrogen-bond acceptors (Lipinski definition) is 3. The van der Waals surface area contributed by atoms with Gasteiger partial charge in [-0.2, -0.15) is 0 Å². The lowest BCUT2D eigenvalue weighted by Gasteiger charge is -2.30. The third-order valence-corrected chi connectivity index (χ3v) is 5.39. The van der Waals surface area contributed by atoms with Crippen molar-refractivity contribution in [3.63, 3.8) is 0 Å². The van der Waals surface area contributed by atoms with Crippen molar-refractivity contribution in [1.29, 1.82) is 0 Å². The quantitative estimate of drug-likeness (QED) is 0.629. The number of nitrogens with zero attached hydrogens (tertiary/aromatic N) is 1. The van der Waals surface area contributed by atoms with Gasteiger partial charge < -0.3 is 15.5 Å². The third-order valence-electron chi connectivity index (χ3n) is 5.39. The van der Waals surface area contributed by atoms with E-state index in [9.17, 15) is 9.59 Å². The van der Waals surface area contributed by atoms with E-state index in [1.807, 2.05) is 18.2 Å². The van der Waals surface area contributed by atoms with E-state index < -0.39 is 0 Å². The highest BCUT2D eigenvalue weighted by atomic mass is 16.2. The van der Waals surface area contributed by atoms with Gasteiger partial charge in [-0.15, -0.1) is 0 Å². The maximum Gasteiger partial charge on any atom is 0.253 e. The molecule has 1 aliphatic carbocycles. The number of carbonyl (C=O) groups is 2. The van der Waals surface area contributed by atoms with E-state index in [-0.39, 0.29) is 11.8 Å². The summed E-state index contributed by atoms with van der Waals surface area (Å²) in [7, 11) is 0. The molecule has 0 unspecified atom stereocenters. The first-order valence-electron chi connectivity index (χ1n) is 10.7. The van der Waals surface area contributed by atoms with Crippen LogP contribution in [0.5, 0.6) is 0 Å². The average Bonchev–Trinajstić information content (AvgIpc) is 3.50. The number of hydrogen-bond donors (Lipinski definition) is 2. The topological polar surface area (TPSA) is 61.4 Å². The molecule has 3 rings (SSSR count). The molecule has 0 aromatic heterocycles. The number of benzene rings is 1. The zero-order valence-corrected chi connectivity index (χ0v) is 16.6. The molecule has 1 aromatic carbocycles. The molecular formula is C22H33N3O2. The van der Waals surface area contributed by atoms with Crippen LogP contribution in [0.25, 0.3) is 0 Å². The van der Waals surface area contributed by atoms with Crippen LogP contribution in [0.4, 0.5) is 11.4 Å². The minimum Gasteiger partial charge on any atom is -0.371 e. The van der Waals surface area contributed by atoms with Crippen molar-refractivity contribution >= 4 is 23.2 Å². The minimum atomic E-state index is -0.0166. The second kappa shape index (κ2) is 9.77. The number of unbranched alkanes of at least 4 members (excludes halogenated alkanes) is 3. The second-order valence-corrected chi connectivity index (χ2v) is 7.89. The van der Waals surface area contributed by atoms with Gasteiger partial charge in [0.15, 0.2) is 0 Å². The summed E-state index contributed by atoms with van der Waals surface area (Å²) in [6.07, 6.45) is 10.6. The Balaban J connectivity index is 1.69. The van der Waals surface area contributed by atoms with Crippen LogP contribution in [0, 0.1) is 0 Å². The molecule has 0 spiro atoms. The summed E-state index contributed by atoms with van der Waals surface area (Å²) >= 11 is 0. The highest BCUT2D eigenvalue weighted by Gasteiger charge is 2.26. The summed E-state index contributed by atoms with van der Waals surface area (Å²) in [5, 5.41) is 6.08. The second-order valence-electron chi connectivity index (χ2n) is 7.89. The van der Waals surface area contributed by atoms with Gasteiger partial charge in [0, 0.05) is 36.9 Å². The highest BCUT2D eigenvalue weighted by Crippen LogP contribution is 2.28. The fourth-order valence-corrected chi connectivity index (χ4v) is 3.63. The predicted octanol–water partition coefficient (Wildman–Crippen LogP) is 4.48. The van der Waals surface area contributed by atoms with Gasteiger partial charge in [0.25, 0.3) is 5.91 Å². The summed E-state index contributed by atoms with van der Waals surface area (Å²) < 4.78 is 0. The van der Waals surface area contributed by atoms with Crippen LogP contribution in [0.1, 0.15) is 81.5 Å². The van der Waals surface area contributed by atoms with Crippen LogP contribution in [0.15, 0.2) is 18.2 Å². The molecule has 27 heavy (non-hydrogen) atoms. The van der Waals surface area contributed by atoms with Gasteiger partial charge in [-0.1, -0.05) is 26.2 Å². The van der Waals surface area contributed by atoms with Crippen LogP contribution < -0.4 is 15.5 Å². The van der Waals surface area contributed by atoms with E-state index in [0.717, 1.165) is 50.1 Å². The largest absolute Gasteiger partial charge is 0.371 e. The molecule has 0 atom stereocenters. The third kappa shape index (κ3) is 5.98.